The first-order valence-electron chi connectivity index (χ1n) is 11.0. The number of nitro benzene ring substituents is 2. The summed E-state index contributed by atoms with van der Waals surface area (Å²) < 4.78 is 6.65. The zero-order valence-corrected chi connectivity index (χ0v) is 20.6. The molecule has 4 rings (SSSR count). The van der Waals surface area contributed by atoms with Crippen molar-refractivity contribution in [3.63, 3.8) is 0 Å². The number of hydrogen-bond acceptors (Lipinski definition) is 10. The number of benzene rings is 2. The van der Waals surface area contributed by atoms with E-state index in [0.717, 1.165) is 29.0 Å². The first kappa shape index (κ1) is 25.4. The number of carbonyl (C=O) groups is 1. The Morgan fingerprint density at radius 2 is 1.76 bits per heavy atom. The number of hydrogen-bond donors (Lipinski definition) is 1. The van der Waals surface area contributed by atoms with Crippen LogP contribution in [-0.4, -0.2) is 32.1 Å². The predicted molar refractivity (Wildman–Crippen MR) is 133 cm³/mol. The van der Waals surface area contributed by atoms with Gasteiger partial charge in [0.05, 0.1) is 38.3 Å². The molecule has 0 amide bonds. The SMILES string of the molecule is CCOC(=O)C1=C(C)N=c2s/c(=C\c3cc([N+](=O)[O-])c(O)c([N+](=O)[O-])c3)c(=O)n2[C@@H]1c1ccc(C)cc1. The predicted octanol–water partition coefficient (Wildman–Crippen LogP) is 2.63. The second kappa shape index (κ2) is 9.78. The van der Waals surface area contributed by atoms with Crippen LogP contribution in [-0.2, 0) is 9.53 Å². The molecule has 0 bridgehead atoms. The minimum Gasteiger partial charge on any atom is -0.497 e. The van der Waals surface area contributed by atoms with Gasteiger partial charge in [0.1, 0.15) is 0 Å². The molecule has 0 radical (unpaired) electrons. The number of carbonyl (C=O) groups excluding carboxylic acids is 1. The minimum absolute atomic E-state index is 0.0327. The Morgan fingerprint density at radius 3 is 2.30 bits per heavy atom. The van der Waals surface area contributed by atoms with Crippen molar-refractivity contribution in [1.29, 1.82) is 0 Å². The van der Waals surface area contributed by atoms with Crippen molar-refractivity contribution in [1.82, 2.24) is 4.57 Å². The first-order valence-corrected chi connectivity index (χ1v) is 11.8. The molecular weight excluding hydrogens is 504 g/mol. The Labute approximate surface area is 212 Å². The van der Waals surface area contributed by atoms with E-state index in [1.54, 1.807) is 26.0 Å². The van der Waals surface area contributed by atoms with Crippen molar-refractivity contribution in [2.75, 3.05) is 6.61 Å². The first-order chi connectivity index (χ1) is 17.5. The van der Waals surface area contributed by atoms with Gasteiger partial charge in [-0.25, -0.2) is 9.79 Å². The van der Waals surface area contributed by atoms with Gasteiger partial charge in [-0.05, 0) is 38.0 Å². The fourth-order valence-electron chi connectivity index (χ4n) is 3.99. The van der Waals surface area contributed by atoms with Gasteiger partial charge in [0.2, 0.25) is 0 Å². The number of esters is 1. The Morgan fingerprint density at radius 1 is 1.16 bits per heavy atom. The molecule has 0 spiro atoms. The van der Waals surface area contributed by atoms with Crippen LogP contribution >= 0.6 is 11.3 Å². The molecule has 12 nitrogen and oxygen atoms in total. The zero-order chi connectivity index (χ0) is 27.0. The van der Waals surface area contributed by atoms with E-state index in [9.17, 15) is 34.9 Å². The van der Waals surface area contributed by atoms with E-state index in [1.165, 1.54) is 10.6 Å². The fourth-order valence-corrected chi connectivity index (χ4v) is 5.04. The molecule has 0 saturated carbocycles. The quantitative estimate of drug-likeness (QED) is 0.292. The molecule has 0 fully saturated rings. The van der Waals surface area contributed by atoms with Crippen molar-refractivity contribution in [3.8, 4) is 5.75 Å². The van der Waals surface area contributed by atoms with Crippen molar-refractivity contribution in [2.24, 2.45) is 4.99 Å². The lowest BCUT2D eigenvalue weighted by Crippen LogP contribution is -2.39. The fraction of sp³-hybridized carbons (Fsp3) is 0.208. The van der Waals surface area contributed by atoms with Gasteiger partial charge in [0, 0.05) is 12.1 Å². The maximum Gasteiger partial charge on any atom is 0.338 e. The molecule has 1 aliphatic heterocycles. The standard InChI is InChI=1S/C24H20N4O8S/c1-4-36-23(31)19-13(3)25-24-26(20(19)15-7-5-12(2)6-8-15)22(30)18(37-24)11-14-9-16(27(32)33)21(29)17(10-14)28(34)35/h5-11,20,29H,4H2,1-3H3/b18-11-/t20-/m1/s1. The zero-order valence-electron chi connectivity index (χ0n) is 19.8. The third-order valence-corrected chi connectivity index (χ3v) is 6.68. The summed E-state index contributed by atoms with van der Waals surface area (Å²) in [5.41, 5.74) is -0.140. The number of rotatable bonds is 6. The van der Waals surface area contributed by atoms with Crippen LogP contribution in [0.25, 0.3) is 6.08 Å². The van der Waals surface area contributed by atoms with Crippen molar-refractivity contribution in [2.45, 2.75) is 26.8 Å². The number of ether oxygens (including phenoxy) is 1. The van der Waals surface area contributed by atoms with Crippen LogP contribution in [0.2, 0.25) is 0 Å². The van der Waals surface area contributed by atoms with E-state index < -0.39 is 44.5 Å². The number of fused-ring (bicyclic) bond motifs is 1. The van der Waals surface area contributed by atoms with Gasteiger partial charge in [-0.3, -0.25) is 29.6 Å². The van der Waals surface area contributed by atoms with Gasteiger partial charge in [-0.1, -0.05) is 41.2 Å². The average molecular weight is 525 g/mol. The molecule has 1 atom stereocenters. The van der Waals surface area contributed by atoms with Gasteiger partial charge in [0.25, 0.3) is 11.3 Å². The Hall–Kier alpha value is -4.65. The number of phenolic OH excluding ortho intramolecular Hbond substituents is 1. The van der Waals surface area contributed by atoms with E-state index in [4.69, 9.17) is 4.74 Å². The van der Waals surface area contributed by atoms with Crippen LogP contribution in [0.1, 0.15) is 36.6 Å². The summed E-state index contributed by atoms with van der Waals surface area (Å²) in [5, 5.41) is 32.6. The summed E-state index contributed by atoms with van der Waals surface area (Å²) in [6.07, 6.45) is 1.25. The van der Waals surface area contributed by atoms with Gasteiger partial charge in [0.15, 0.2) is 4.80 Å². The van der Waals surface area contributed by atoms with Crippen LogP contribution in [0.3, 0.4) is 0 Å². The van der Waals surface area contributed by atoms with E-state index in [-0.39, 0.29) is 27.1 Å². The molecule has 190 valence electrons. The molecule has 1 aromatic heterocycles. The number of allylic oxidation sites excluding steroid dienone is 1. The lowest BCUT2D eigenvalue weighted by Gasteiger charge is -2.24. The number of aryl methyl sites for hydroxylation is 1. The Balaban J connectivity index is 1.98. The van der Waals surface area contributed by atoms with Crippen molar-refractivity contribution in [3.05, 3.63) is 104 Å². The van der Waals surface area contributed by atoms with Gasteiger partial charge in [-0.15, -0.1) is 0 Å². The average Bonchev–Trinajstić information content (AvgIpc) is 3.13. The lowest BCUT2D eigenvalue weighted by atomic mass is 9.95. The number of aromatic nitrogens is 1. The summed E-state index contributed by atoms with van der Waals surface area (Å²) >= 11 is 0.962. The highest BCUT2D eigenvalue weighted by atomic mass is 32.1. The second-order valence-corrected chi connectivity index (χ2v) is 9.14. The number of nitrogens with zero attached hydrogens (tertiary/aromatic N) is 4. The van der Waals surface area contributed by atoms with E-state index in [0.29, 0.717) is 11.3 Å². The van der Waals surface area contributed by atoms with Gasteiger partial charge >= 0.3 is 17.3 Å². The maximum atomic E-state index is 13.6. The van der Waals surface area contributed by atoms with Gasteiger partial charge < -0.3 is 9.84 Å². The molecule has 3 aromatic rings. The molecule has 0 saturated heterocycles. The number of nitro groups is 2. The molecule has 2 heterocycles. The normalized spacial score (nSPS) is 15.2. The van der Waals surface area contributed by atoms with Crippen molar-refractivity contribution >= 4 is 34.8 Å². The lowest BCUT2D eigenvalue weighted by molar-refractivity contribution is -0.396. The molecular formula is C24H20N4O8S. The molecule has 13 heteroatoms. The van der Waals surface area contributed by atoms with Crippen LogP contribution in [0.4, 0.5) is 11.4 Å². The number of phenols is 1. The molecule has 0 unspecified atom stereocenters. The molecule has 2 aromatic carbocycles. The van der Waals surface area contributed by atoms with Crippen LogP contribution in [0.15, 0.2) is 57.5 Å². The molecule has 37 heavy (non-hydrogen) atoms. The summed E-state index contributed by atoms with van der Waals surface area (Å²) in [4.78, 5) is 51.9. The highest BCUT2D eigenvalue weighted by molar-refractivity contribution is 7.07. The minimum atomic E-state index is -1.08. The number of aromatic hydroxyl groups is 1. The Kier molecular flexibility index (Phi) is 6.72. The van der Waals surface area contributed by atoms with Crippen molar-refractivity contribution < 1.29 is 24.5 Å². The summed E-state index contributed by atoms with van der Waals surface area (Å²) in [6.45, 7) is 5.33. The highest BCUT2D eigenvalue weighted by Crippen LogP contribution is 2.37. The highest BCUT2D eigenvalue weighted by Gasteiger charge is 2.33. The van der Waals surface area contributed by atoms with Crippen LogP contribution in [0.5, 0.6) is 5.75 Å². The van der Waals surface area contributed by atoms with Crippen LogP contribution in [0, 0.1) is 27.2 Å². The second-order valence-electron chi connectivity index (χ2n) is 8.13. The molecule has 0 aliphatic carbocycles. The van der Waals surface area contributed by atoms with Gasteiger partial charge in [-0.2, -0.15) is 0 Å². The smallest absolute Gasteiger partial charge is 0.338 e. The number of thiazole rings is 1. The topological polar surface area (TPSA) is 167 Å². The monoisotopic (exact) mass is 524 g/mol. The van der Waals surface area contributed by atoms with Crippen LogP contribution < -0.4 is 14.9 Å². The summed E-state index contributed by atoms with van der Waals surface area (Å²) in [5.74, 6) is -1.70. The third-order valence-electron chi connectivity index (χ3n) is 5.69. The maximum absolute atomic E-state index is 13.6. The Bertz CT molecular complexity index is 1630. The van der Waals surface area contributed by atoms with E-state index >= 15 is 0 Å². The largest absolute Gasteiger partial charge is 0.497 e. The molecule has 1 N–H and O–H groups in total. The summed E-state index contributed by atoms with van der Waals surface area (Å²) in [7, 11) is 0. The summed E-state index contributed by atoms with van der Waals surface area (Å²) in [6, 6.07) is 8.31. The van der Waals surface area contributed by atoms with E-state index in [2.05, 4.69) is 4.99 Å². The third kappa shape index (κ3) is 4.63. The van der Waals surface area contributed by atoms with E-state index in [1.807, 2.05) is 19.1 Å². The molecule has 1 aliphatic rings.